The van der Waals surface area contributed by atoms with Crippen molar-refractivity contribution < 1.29 is 0 Å². The molecule has 0 bridgehead atoms. The molecule has 0 atom stereocenters. The molecule has 0 saturated carbocycles. The molecule has 0 spiro atoms. The van der Waals surface area contributed by atoms with Crippen molar-refractivity contribution in [2.75, 3.05) is 16.4 Å². The summed E-state index contributed by atoms with van der Waals surface area (Å²) in [5.41, 5.74) is 2.17. The predicted molar refractivity (Wildman–Crippen MR) is 43.3 cm³/mol. The number of para-hydroxylation sites is 2. The number of anilines is 2. The third-order valence-corrected chi connectivity index (χ3v) is 1.88. The zero-order chi connectivity index (χ0) is 6.97. The maximum Gasteiger partial charge on any atom is 0.104 e. The van der Waals surface area contributed by atoms with Gasteiger partial charge in [0.25, 0.3) is 0 Å². The Labute approximate surface area is 64.5 Å². The molecule has 52 valence electrons. The molecule has 2 nitrogen and oxygen atoms in total. The van der Waals surface area contributed by atoms with Gasteiger partial charge in [0.1, 0.15) is 6.67 Å². The van der Waals surface area contributed by atoms with Crippen LogP contribution in [0.1, 0.15) is 0 Å². The Hall–Kier alpha value is -0.890. The second-order valence-electron chi connectivity index (χ2n) is 2.21. The smallest absolute Gasteiger partial charge is 0.104 e. The molecule has 0 aliphatic carbocycles. The molecule has 0 unspecified atom stereocenters. The monoisotopic (exact) mass is 154 g/mol. The Morgan fingerprint density at radius 2 is 2.20 bits per heavy atom. The lowest BCUT2D eigenvalue weighted by Crippen LogP contribution is -2.08. The van der Waals surface area contributed by atoms with Gasteiger partial charge in [0.15, 0.2) is 0 Å². The number of hydrogen-bond donors (Lipinski definition) is 1. The third kappa shape index (κ3) is 0.727. The Morgan fingerprint density at radius 1 is 1.40 bits per heavy atom. The Bertz CT molecular complexity index is 249. The van der Waals surface area contributed by atoms with E-state index in [0.29, 0.717) is 6.67 Å². The first-order chi connectivity index (χ1) is 4.88. The molecular weight excluding hydrogens is 148 g/mol. The third-order valence-electron chi connectivity index (χ3n) is 1.57. The highest BCUT2D eigenvalue weighted by Gasteiger charge is 2.14. The molecule has 1 aliphatic heterocycles. The second kappa shape index (κ2) is 2.06. The highest BCUT2D eigenvalue weighted by molar-refractivity contribution is 6.27. The summed E-state index contributed by atoms with van der Waals surface area (Å²) in [5, 5.41) is 3.14. The van der Waals surface area contributed by atoms with Crippen LogP contribution in [-0.2, 0) is 0 Å². The number of nitrogens with zero attached hydrogens (tertiary/aromatic N) is 1. The average Bonchev–Trinajstić information content (AvgIpc) is 2.34. The quantitative estimate of drug-likeness (QED) is 0.576. The first-order valence-corrected chi connectivity index (χ1v) is 3.48. The van der Waals surface area contributed by atoms with Crippen LogP contribution in [0.5, 0.6) is 0 Å². The van der Waals surface area contributed by atoms with E-state index in [4.69, 9.17) is 11.8 Å². The van der Waals surface area contributed by atoms with Crippen molar-refractivity contribution in [2.45, 2.75) is 0 Å². The zero-order valence-electron chi connectivity index (χ0n) is 5.34. The van der Waals surface area contributed by atoms with Crippen LogP contribution in [0.25, 0.3) is 0 Å². The van der Waals surface area contributed by atoms with Gasteiger partial charge in [0, 0.05) is 11.8 Å². The van der Waals surface area contributed by atoms with Gasteiger partial charge < -0.3 is 5.32 Å². The molecule has 1 aromatic rings. The van der Waals surface area contributed by atoms with Gasteiger partial charge in [-0.1, -0.05) is 12.1 Å². The lowest BCUT2D eigenvalue weighted by molar-refractivity contribution is 1.19. The Balaban J connectivity index is 2.51. The average molecular weight is 155 g/mol. The molecule has 0 amide bonds. The maximum atomic E-state index is 5.81. The Morgan fingerprint density at radius 3 is 3.00 bits per heavy atom. The summed E-state index contributed by atoms with van der Waals surface area (Å²) in [7, 11) is 0. The molecule has 1 N–H and O–H groups in total. The fraction of sp³-hybridized carbons (Fsp3) is 0.143. The first kappa shape index (κ1) is 5.86. The fourth-order valence-corrected chi connectivity index (χ4v) is 1.28. The summed E-state index contributed by atoms with van der Waals surface area (Å²) in [4.78, 5) is 0. The SMILES string of the molecule is ClN1CNc2ccccc21. The van der Waals surface area contributed by atoms with E-state index >= 15 is 0 Å². The number of nitrogens with one attached hydrogen (secondary N) is 1. The maximum absolute atomic E-state index is 5.81. The molecule has 0 fully saturated rings. The number of fused-ring (bicyclic) bond motifs is 1. The highest BCUT2D eigenvalue weighted by Crippen LogP contribution is 2.31. The van der Waals surface area contributed by atoms with Crippen LogP contribution in [0.15, 0.2) is 24.3 Å². The standard InChI is InChI=1S/C7H7ClN2/c8-10-5-9-6-3-1-2-4-7(6)10/h1-4,9H,5H2. The number of benzene rings is 1. The van der Waals surface area contributed by atoms with Gasteiger partial charge in [-0.3, -0.25) is 4.42 Å². The summed E-state index contributed by atoms with van der Waals surface area (Å²) in [6.45, 7) is 0.695. The number of hydrogen-bond acceptors (Lipinski definition) is 2. The summed E-state index contributed by atoms with van der Waals surface area (Å²) in [5.74, 6) is 0. The van der Waals surface area contributed by atoms with Crippen LogP contribution in [0, 0.1) is 0 Å². The summed E-state index contributed by atoms with van der Waals surface area (Å²) in [6, 6.07) is 7.96. The van der Waals surface area contributed by atoms with E-state index in [-0.39, 0.29) is 0 Å². The van der Waals surface area contributed by atoms with Crippen LogP contribution < -0.4 is 9.74 Å². The molecule has 3 heteroatoms. The van der Waals surface area contributed by atoms with E-state index in [2.05, 4.69) is 5.32 Å². The normalized spacial score (nSPS) is 14.7. The van der Waals surface area contributed by atoms with Gasteiger partial charge in [-0.2, -0.15) is 0 Å². The molecule has 10 heavy (non-hydrogen) atoms. The van der Waals surface area contributed by atoms with Crippen molar-refractivity contribution in [3.63, 3.8) is 0 Å². The summed E-state index contributed by atoms with van der Waals surface area (Å²) in [6.07, 6.45) is 0. The van der Waals surface area contributed by atoms with Crippen molar-refractivity contribution in [1.82, 2.24) is 0 Å². The van der Waals surface area contributed by atoms with Gasteiger partial charge in [-0.15, -0.1) is 0 Å². The minimum atomic E-state index is 0.695. The van der Waals surface area contributed by atoms with Crippen LogP contribution in [-0.4, -0.2) is 6.67 Å². The van der Waals surface area contributed by atoms with Crippen molar-refractivity contribution in [2.24, 2.45) is 0 Å². The minimum Gasteiger partial charge on any atom is -0.365 e. The van der Waals surface area contributed by atoms with E-state index < -0.39 is 0 Å². The van der Waals surface area contributed by atoms with Gasteiger partial charge in [0.05, 0.1) is 11.4 Å². The molecule has 1 heterocycles. The van der Waals surface area contributed by atoms with Gasteiger partial charge in [-0.25, -0.2) is 0 Å². The van der Waals surface area contributed by atoms with Gasteiger partial charge in [-0.05, 0) is 12.1 Å². The van der Waals surface area contributed by atoms with E-state index in [1.807, 2.05) is 24.3 Å². The molecular formula is C7H7ClN2. The van der Waals surface area contributed by atoms with E-state index in [9.17, 15) is 0 Å². The molecule has 0 saturated heterocycles. The topological polar surface area (TPSA) is 15.3 Å². The highest BCUT2D eigenvalue weighted by atomic mass is 35.5. The summed E-state index contributed by atoms with van der Waals surface area (Å²) < 4.78 is 1.66. The molecule has 0 radical (unpaired) electrons. The second-order valence-corrected chi connectivity index (χ2v) is 2.62. The molecule has 2 rings (SSSR count). The van der Waals surface area contributed by atoms with Crippen molar-refractivity contribution in [3.8, 4) is 0 Å². The van der Waals surface area contributed by atoms with Crippen LogP contribution in [0.2, 0.25) is 0 Å². The molecule has 1 aromatic carbocycles. The van der Waals surface area contributed by atoms with Crippen molar-refractivity contribution in [1.29, 1.82) is 0 Å². The van der Waals surface area contributed by atoms with Crippen LogP contribution in [0.3, 0.4) is 0 Å². The molecule has 1 aliphatic rings. The van der Waals surface area contributed by atoms with Crippen LogP contribution in [0.4, 0.5) is 11.4 Å². The van der Waals surface area contributed by atoms with E-state index in [1.54, 1.807) is 4.42 Å². The van der Waals surface area contributed by atoms with Crippen molar-refractivity contribution in [3.05, 3.63) is 24.3 Å². The summed E-state index contributed by atoms with van der Waals surface area (Å²) >= 11 is 5.81. The Kier molecular flexibility index (Phi) is 1.21. The van der Waals surface area contributed by atoms with Gasteiger partial charge >= 0.3 is 0 Å². The minimum absolute atomic E-state index is 0.695. The predicted octanol–water partition coefficient (Wildman–Crippen LogP) is 2.03. The fourth-order valence-electron chi connectivity index (χ4n) is 1.07. The number of halogens is 1. The van der Waals surface area contributed by atoms with Crippen molar-refractivity contribution >= 4 is 23.2 Å². The lowest BCUT2D eigenvalue weighted by Gasteiger charge is -2.03. The zero-order valence-corrected chi connectivity index (χ0v) is 6.10. The van der Waals surface area contributed by atoms with Gasteiger partial charge in [0.2, 0.25) is 0 Å². The van der Waals surface area contributed by atoms with E-state index in [0.717, 1.165) is 11.4 Å². The largest absolute Gasteiger partial charge is 0.365 e. The van der Waals surface area contributed by atoms with E-state index in [1.165, 1.54) is 0 Å². The lowest BCUT2D eigenvalue weighted by atomic mass is 10.3. The number of rotatable bonds is 0. The molecule has 0 aromatic heterocycles. The van der Waals surface area contributed by atoms with Crippen LogP contribution >= 0.6 is 11.8 Å². The first-order valence-electron chi connectivity index (χ1n) is 3.14.